The first-order valence-electron chi connectivity index (χ1n) is 5.33. The summed E-state index contributed by atoms with van der Waals surface area (Å²) in [5.74, 6) is 1.25. The van der Waals surface area contributed by atoms with E-state index in [1.165, 1.54) is 0 Å². The smallest absolute Gasteiger partial charge is 0.171 e. The molecule has 0 aliphatic carbocycles. The van der Waals surface area contributed by atoms with Crippen molar-refractivity contribution in [3.8, 4) is 10.7 Å². The van der Waals surface area contributed by atoms with Gasteiger partial charge < -0.3 is 0 Å². The van der Waals surface area contributed by atoms with Crippen LogP contribution in [-0.2, 0) is 6.42 Å². The van der Waals surface area contributed by atoms with Crippen molar-refractivity contribution in [1.82, 2.24) is 9.97 Å². The molecule has 0 unspecified atom stereocenters. The second-order valence-corrected chi connectivity index (χ2v) is 6.27. The van der Waals surface area contributed by atoms with E-state index < -0.39 is 0 Å². The van der Waals surface area contributed by atoms with Crippen LogP contribution in [0.1, 0.15) is 19.5 Å². The van der Waals surface area contributed by atoms with E-state index in [0.29, 0.717) is 16.9 Å². The summed E-state index contributed by atoms with van der Waals surface area (Å²) < 4.78 is 0.813. The van der Waals surface area contributed by atoms with Crippen LogP contribution in [0.15, 0.2) is 22.0 Å². The second kappa shape index (κ2) is 5.46. The topological polar surface area (TPSA) is 25.8 Å². The van der Waals surface area contributed by atoms with Crippen LogP contribution >= 0.6 is 38.9 Å². The monoisotopic (exact) mass is 330 g/mol. The molecule has 17 heavy (non-hydrogen) atoms. The fourth-order valence-corrected chi connectivity index (χ4v) is 2.69. The Balaban J connectivity index is 2.46. The lowest BCUT2D eigenvalue weighted by molar-refractivity contribution is 0.632. The minimum Gasteiger partial charge on any atom is -0.231 e. The van der Waals surface area contributed by atoms with Gasteiger partial charge in [0.1, 0.15) is 5.15 Å². The molecule has 2 aromatic heterocycles. The number of nitrogens with zero attached hydrogens (tertiary/aromatic N) is 2. The Morgan fingerprint density at radius 3 is 2.76 bits per heavy atom. The maximum Gasteiger partial charge on any atom is 0.171 e. The van der Waals surface area contributed by atoms with Crippen molar-refractivity contribution >= 4 is 38.9 Å². The molecule has 2 nitrogen and oxygen atoms in total. The Morgan fingerprint density at radius 1 is 1.41 bits per heavy atom. The van der Waals surface area contributed by atoms with E-state index in [4.69, 9.17) is 11.6 Å². The third-order valence-electron chi connectivity index (χ3n) is 2.22. The predicted octanol–water partition coefficient (Wildman–Crippen LogP) is 4.82. The highest BCUT2D eigenvalue weighted by atomic mass is 79.9. The molecule has 0 aliphatic heterocycles. The van der Waals surface area contributed by atoms with Gasteiger partial charge in [-0.15, -0.1) is 11.3 Å². The van der Waals surface area contributed by atoms with Gasteiger partial charge in [-0.1, -0.05) is 31.5 Å². The van der Waals surface area contributed by atoms with Crippen LogP contribution in [0.3, 0.4) is 0 Å². The molecular weight excluding hydrogens is 320 g/mol. The van der Waals surface area contributed by atoms with E-state index >= 15 is 0 Å². The van der Waals surface area contributed by atoms with Crippen LogP contribution in [0.2, 0.25) is 5.15 Å². The van der Waals surface area contributed by atoms with Gasteiger partial charge in [-0.05, 0) is 39.7 Å². The summed E-state index contributed by atoms with van der Waals surface area (Å²) in [4.78, 5) is 9.93. The zero-order valence-electron chi connectivity index (χ0n) is 9.58. The number of thiophene rings is 1. The van der Waals surface area contributed by atoms with Crippen molar-refractivity contribution in [1.29, 1.82) is 0 Å². The van der Waals surface area contributed by atoms with E-state index in [1.807, 2.05) is 17.5 Å². The van der Waals surface area contributed by atoms with Crippen LogP contribution in [0.25, 0.3) is 10.7 Å². The Bertz CT molecular complexity index is 511. The highest BCUT2D eigenvalue weighted by Gasteiger charge is 2.13. The normalized spacial score (nSPS) is 11.1. The molecule has 2 aromatic rings. The summed E-state index contributed by atoms with van der Waals surface area (Å²) in [6, 6.07) is 3.99. The average Bonchev–Trinajstić information content (AvgIpc) is 2.77. The van der Waals surface area contributed by atoms with Crippen molar-refractivity contribution in [2.75, 3.05) is 0 Å². The van der Waals surface area contributed by atoms with Gasteiger partial charge in [0, 0.05) is 0 Å². The Labute approximate surface area is 118 Å². The summed E-state index contributed by atoms with van der Waals surface area (Å²) >= 11 is 11.2. The molecule has 0 bridgehead atoms. The summed E-state index contributed by atoms with van der Waals surface area (Å²) in [6.07, 6.45) is 0.890. The lowest BCUT2D eigenvalue weighted by Gasteiger charge is -2.09. The number of rotatable bonds is 3. The van der Waals surface area contributed by atoms with E-state index in [9.17, 15) is 0 Å². The molecule has 0 fully saturated rings. The Morgan fingerprint density at radius 2 is 2.18 bits per heavy atom. The Hall–Kier alpha value is -0.450. The first kappa shape index (κ1) is 13.0. The number of aromatic nitrogens is 2. The maximum atomic E-state index is 6.13. The van der Waals surface area contributed by atoms with Crippen LogP contribution in [0.5, 0.6) is 0 Å². The summed E-state index contributed by atoms with van der Waals surface area (Å²) in [7, 11) is 0. The fraction of sp³-hybridized carbons (Fsp3) is 0.333. The predicted molar refractivity (Wildman–Crippen MR) is 76.6 cm³/mol. The molecule has 0 aromatic carbocycles. The fourth-order valence-electron chi connectivity index (χ4n) is 1.50. The first-order chi connectivity index (χ1) is 8.08. The van der Waals surface area contributed by atoms with Gasteiger partial charge in [0.15, 0.2) is 5.82 Å². The average molecular weight is 332 g/mol. The summed E-state index contributed by atoms with van der Waals surface area (Å²) in [5, 5.41) is 2.50. The van der Waals surface area contributed by atoms with Gasteiger partial charge in [0.25, 0.3) is 0 Å². The SMILES string of the molecule is CC(C)Cc1nc(-c2cccs2)nc(Cl)c1Br. The van der Waals surface area contributed by atoms with E-state index in [2.05, 4.69) is 39.7 Å². The molecule has 5 heteroatoms. The minimum atomic E-state index is 0.485. The lowest BCUT2D eigenvalue weighted by Crippen LogP contribution is -2.02. The van der Waals surface area contributed by atoms with Crippen molar-refractivity contribution in [2.24, 2.45) is 5.92 Å². The van der Waals surface area contributed by atoms with Gasteiger partial charge in [0.05, 0.1) is 15.0 Å². The van der Waals surface area contributed by atoms with Crippen LogP contribution in [-0.4, -0.2) is 9.97 Å². The highest BCUT2D eigenvalue weighted by molar-refractivity contribution is 9.10. The van der Waals surface area contributed by atoms with Crippen LogP contribution in [0.4, 0.5) is 0 Å². The molecule has 0 saturated heterocycles. The van der Waals surface area contributed by atoms with Gasteiger partial charge in [-0.25, -0.2) is 9.97 Å². The molecule has 0 spiro atoms. The molecule has 90 valence electrons. The van der Waals surface area contributed by atoms with Crippen molar-refractivity contribution in [3.05, 3.63) is 32.8 Å². The molecule has 2 heterocycles. The van der Waals surface area contributed by atoms with E-state index in [1.54, 1.807) is 11.3 Å². The quantitative estimate of drug-likeness (QED) is 0.754. The number of hydrogen-bond acceptors (Lipinski definition) is 3. The molecule has 0 amide bonds. The molecular formula is C12H12BrClN2S. The van der Waals surface area contributed by atoms with Gasteiger partial charge in [0.2, 0.25) is 0 Å². The molecule has 0 aliphatic rings. The zero-order valence-corrected chi connectivity index (χ0v) is 12.7. The van der Waals surface area contributed by atoms with Crippen LogP contribution < -0.4 is 0 Å². The van der Waals surface area contributed by atoms with E-state index in [0.717, 1.165) is 21.5 Å². The zero-order chi connectivity index (χ0) is 12.4. The van der Waals surface area contributed by atoms with Crippen LogP contribution in [0, 0.1) is 5.92 Å². The molecule has 2 rings (SSSR count). The molecule has 0 radical (unpaired) electrons. The Kier molecular flexibility index (Phi) is 4.17. The minimum absolute atomic E-state index is 0.485. The standard InChI is InChI=1S/C12H12BrClN2S/c1-7(2)6-8-10(13)11(14)16-12(15-8)9-4-3-5-17-9/h3-5,7H,6H2,1-2H3. The molecule has 0 atom stereocenters. The highest BCUT2D eigenvalue weighted by Crippen LogP contribution is 2.29. The maximum absolute atomic E-state index is 6.13. The summed E-state index contributed by atoms with van der Waals surface area (Å²) in [5.41, 5.74) is 0.975. The van der Waals surface area contributed by atoms with Gasteiger partial charge in [-0.3, -0.25) is 0 Å². The number of halogens is 2. The lowest BCUT2D eigenvalue weighted by atomic mass is 10.1. The largest absolute Gasteiger partial charge is 0.231 e. The second-order valence-electron chi connectivity index (χ2n) is 4.17. The molecule has 0 N–H and O–H groups in total. The van der Waals surface area contributed by atoms with Gasteiger partial charge in [-0.2, -0.15) is 0 Å². The summed E-state index contributed by atoms with van der Waals surface area (Å²) in [6.45, 7) is 4.32. The van der Waals surface area contributed by atoms with Crippen molar-refractivity contribution in [3.63, 3.8) is 0 Å². The third-order valence-corrected chi connectivity index (χ3v) is 4.42. The third kappa shape index (κ3) is 3.06. The van der Waals surface area contributed by atoms with Gasteiger partial charge >= 0.3 is 0 Å². The van der Waals surface area contributed by atoms with Crippen molar-refractivity contribution in [2.45, 2.75) is 20.3 Å². The van der Waals surface area contributed by atoms with E-state index in [-0.39, 0.29) is 0 Å². The first-order valence-corrected chi connectivity index (χ1v) is 7.38. The number of hydrogen-bond donors (Lipinski definition) is 0. The molecule has 0 saturated carbocycles. The van der Waals surface area contributed by atoms with Crippen molar-refractivity contribution < 1.29 is 0 Å².